The minimum absolute atomic E-state index is 0.306. The topological polar surface area (TPSA) is 55.4 Å². The maximum atomic E-state index is 13.3. The van der Waals surface area contributed by atoms with Gasteiger partial charge in [0, 0.05) is 19.9 Å². The summed E-state index contributed by atoms with van der Waals surface area (Å²) in [7, 11) is 0. The maximum absolute atomic E-state index is 13.3. The predicted octanol–water partition coefficient (Wildman–Crippen LogP) is 3.68. The van der Waals surface area contributed by atoms with E-state index < -0.39 is 54.6 Å². The summed E-state index contributed by atoms with van der Waals surface area (Å²) in [5, 5.41) is 1.83. The van der Waals surface area contributed by atoms with Crippen molar-refractivity contribution in [2.45, 2.75) is 75.7 Å². The number of carbonyl (C=O) groups is 2. The lowest BCUT2D eigenvalue weighted by Crippen LogP contribution is -2.53. The summed E-state index contributed by atoms with van der Waals surface area (Å²) in [6.07, 6.45) is 0.589. The molecule has 25 heavy (non-hydrogen) atoms. The molecule has 146 valence electrons. The molecule has 10 heteroatoms. The first-order chi connectivity index (χ1) is 11.2. The van der Waals surface area contributed by atoms with Crippen molar-refractivity contribution in [3.8, 4) is 0 Å². The van der Waals surface area contributed by atoms with Gasteiger partial charge in [0.2, 0.25) is 5.91 Å². The lowest BCUT2D eigenvalue weighted by molar-refractivity contribution is -0.303. The molecule has 4 nitrogen and oxygen atoms in total. The first-order valence-electron chi connectivity index (χ1n) is 7.82. The molecule has 1 N–H and O–H groups in total. The van der Waals surface area contributed by atoms with E-state index in [0.717, 1.165) is 12.8 Å². The molecule has 0 saturated heterocycles. The number of halogens is 6. The molecule has 0 heterocycles. The Bertz CT molecular complexity index is 498. The maximum Gasteiger partial charge on any atom is 0.371 e. The molecule has 1 saturated carbocycles. The van der Waals surface area contributed by atoms with Crippen LogP contribution < -0.4 is 5.32 Å². The summed E-state index contributed by atoms with van der Waals surface area (Å²) in [5.41, 5.74) is -0.667. The van der Waals surface area contributed by atoms with Gasteiger partial charge in [-0.25, -0.2) is 0 Å². The molecule has 0 aromatic rings. The monoisotopic (exact) mass is 377 g/mol. The number of carbonyl (C=O) groups excluding carboxylic acids is 2. The van der Waals surface area contributed by atoms with Crippen LogP contribution in [0.5, 0.6) is 0 Å². The largest absolute Gasteiger partial charge is 0.459 e. The van der Waals surface area contributed by atoms with Gasteiger partial charge in [-0.2, -0.15) is 26.3 Å². The molecular weight excluding hydrogens is 356 g/mol. The van der Waals surface area contributed by atoms with E-state index in [-0.39, 0.29) is 6.92 Å². The minimum atomic E-state index is -5.55. The Morgan fingerprint density at radius 1 is 1.08 bits per heavy atom. The van der Waals surface area contributed by atoms with Crippen molar-refractivity contribution in [2.24, 2.45) is 0 Å². The third-order valence-electron chi connectivity index (χ3n) is 4.10. The second-order valence-electron chi connectivity index (χ2n) is 6.58. The molecule has 0 bridgehead atoms. The Kier molecular flexibility index (Phi) is 6.39. The van der Waals surface area contributed by atoms with Crippen LogP contribution in [0, 0.1) is 0 Å². The van der Waals surface area contributed by atoms with Crippen molar-refractivity contribution in [1.82, 2.24) is 5.32 Å². The highest BCUT2D eigenvalue weighted by molar-refractivity contribution is 5.94. The minimum Gasteiger partial charge on any atom is -0.459 e. The van der Waals surface area contributed by atoms with Gasteiger partial charge in [-0.1, -0.05) is 0 Å². The number of hydrogen-bond acceptors (Lipinski definition) is 3. The summed E-state index contributed by atoms with van der Waals surface area (Å²) in [6, 6.07) is 0. The van der Waals surface area contributed by atoms with Crippen LogP contribution in [0.1, 0.15) is 52.4 Å². The molecule has 1 rings (SSSR count). The quantitative estimate of drug-likeness (QED) is 0.399. The van der Waals surface area contributed by atoms with Gasteiger partial charge >= 0.3 is 23.7 Å². The average Bonchev–Trinajstić information content (AvgIpc) is 2.82. The predicted molar refractivity (Wildman–Crippen MR) is 75.7 cm³/mol. The zero-order chi connectivity index (χ0) is 19.5. The number of ether oxygens (including phenoxy) is 1. The fraction of sp³-hybridized carbons (Fsp3) is 0.867. The molecule has 1 fully saturated rings. The second kappa shape index (κ2) is 7.41. The highest BCUT2D eigenvalue weighted by atomic mass is 19.3. The van der Waals surface area contributed by atoms with Gasteiger partial charge in [0.1, 0.15) is 12.0 Å². The summed E-state index contributed by atoms with van der Waals surface area (Å²) >= 11 is 0. The van der Waals surface area contributed by atoms with Crippen LogP contribution in [0.3, 0.4) is 0 Å². The summed E-state index contributed by atoms with van der Waals surface area (Å²) in [5.74, 6) is -17.4. The van der Waals surface area contributed by atoms with Crippen LogP contribution in [0.15, 0.2) is 0 Å². The van der Waals surface area contributed by atoms with Gasteiger partial charge in [0.05, 0.1) is 0 Å². The zero-order valence-corrected chi connectivity index (χ0v) is 13.9. The van der Waals surface area contributed by atoms with Gasteiger partial charge in [-0.3, -0.25) is 9.59 Å². The number of hydrogen-bond donors (Lipinski definition) is 1. The molecule has 1 aliphatic rings. The third-order valence-corrected chi connectivity index (χ3v) is 4.10. The van der Waals surface area contributed by atoms with Crippen molar-refractivity contribution in [2.75, 3.05) is 6.54 Å². The standard InChI is InChI=1S/C15H21F6NO3/c1-12(5-3-4-6-12)25-11(24)9-10(23)22-8-7-14(18,19)15(20,21)13(2,16)17/h3-9H2,1-2H3,(H,22,23). The van der Waals surface area contributed by atoms with Crippen molar-refractivity contribution < 1.29 is 40.7 Å². The fourth-order valence-electron chi connectivity index (χ4n) is 2.57. The third kappa shape index (κ3) is 5.50. The average molecular weight is 377 g/mol. The van der Waals surface area contributed by atoms with E-state index in [0.29, 0.717) is 12.8 Å². The lowest BCUT2D eigenvalue weighted by Gasteiger charge is -2.30. The van der Waals surface area contributed by atoms with Crippen LogP contribution in [0.2, 0.25) is 0 Å². The Labute approximate surface area is 141 Å². The summed E-state index contributed by atoms with van der Waals surface area (Å²) in [6.45, 7) is 0.421. The Hall–Kier alpha value is -1.48. The number of rotatable bonds is 8. The van der Waals surface area contributed by atoms with Gasteiger partial charge < -0.3 is 10.1 Å². The normalized spacial score (nSPS) is 18.1. The van der Waals surface area contributed by atoms with E-state index in [1.165, 1.54) is 0 Å². The highest BCUT2D eigenvalue weighted by Gasteiger charge is 2.68. The molecule has 0 unspecified atom stereocenters. The Morgan fingerprint density at radius 2 is 1.60 bits per heavy atom. The van der Waals surface area contributed by atoms with Crippen LogP contribution in [-0.4, -0.2) is 41.8 Å². The van der Waals surface area contributed by atoms with Gasteiger partial charge in [-0.15, -0.1) is 0 Å². The van der Waals surface area contributed by atoms with Gasteiger partial charge in [0.15, 0.2) is 0 Å². The number of nitrogens with one attached hydrogen (secondary N) is 1. The number of amides is 1. The van der Waals surface area contributed by atoms with E-state index in [9.17, 15) is 35.9 Å². The van der Waals surface area contributed by atoms with E-state index in [4.69, 9.17) is 4.74 Å². The van der Waals surface area contributed by atoms with Crippen LogP contribution in [-0.2, 0) is 14.3 Å². The molecule has 1 aliphatic carbocycles. The lowest BCUT2D eigenvalue weighted by atomic mass is 10.0. The SMILES string of the molecule is CC1(OC(=O)CC(=O)NCCC(F)(F)C(F)(F)C(C)(F)F)CCCC1. The van der Waals surface area contributed by atoms with E-state index >= 15 is 0 Å². The summed E-state index contributed by atoms with van der Waals surface area (Å²) in [4.78, 5) is 23.1. The Morgan fingerprint density at radius 3 is 2.08 bits per heavy atom. The van der Waals surface area contributed by atoms with E-state index in [1.54, 1.807) is 6.92 Å². The smallest absolute Gasteiger partial charge is 0.371 e. The molecule has 0 aromatic heterocycles. The molecule has 0 spiro atoms. The van der Waals surface area contributed by atoms with Crippen LogP contribution >= 0.6 is 0 Å². The van der Waals surface area contributed by atoms with E-state index in [2.05, 4.69) is 0 Å². The second-order valence-corrected chi connectivity index (χ2v) is 6.58. The first kappa shape index (κ1) is 21.6. The molecule has 0 aromatic carbocycles. The van der Waals surface area contributed by atoms with Crippen LogP contribution in [0.4, 0.5) is 26.3 Å². The first-order valence-corrected chi connectivity index (χ1v) is 7.82. The number of alkyl halides is 6. The molecule has 0 atom stereocenters. The zero-order valence-electron chi connectivity index (χ0n) is 13.9. The molecule has 0 aliphatic heterocycles. The van der Waals surface area contributed by atoms with Crippen molar-refractivity contribution in [3.05, 3.63) is 0 Å². The van der Waals surface area contributed by atoms with Crippen molar-refractivity contribution in [1.29, 1.82) is 0 Å². The van der Waals surface area contributed by atoms with Gasteiger partial charge in [0.25, 0.3) is 0 Å². The van der Waals surface area contributed by atoms with Crippen molar-refractivity contribution >= 4 is 11.9 Å². The van der Waals surface area contributed by atoms with Crippen molar-refractivity contribution in [3.63, 3.8) is 0 Å². The molecular formula is C15H21F6NO3. The fourth-order valence-corrected chi connectivity index (χ4v) is 2.57. The number of esters is 1. The Balaban J connectivity index is 2.42. The van der Waals surface area contributed by atoms with Crippen LogP contribution in [0.25, 0.3) is 0 Å². The summed E-state index contributed by atoms with van der Waals surface area (Å²) < 4.78 is 82.9. The van der Waals surface area contributed by atoms with Gasteiger partial charge in [-0.05, 0) is 32.6 Å². The molecule has 0 radical (unpaired) electrons. The highest BCUT2D eigenvalue weighted by Crippen LogP contribution is 2.46. The van der Waals surface area contributed by atoms with E-state index in [1.807, 2.05) is 5.32 Å². The molecule has 1 amide bonds.